The summed E-state index contributed by atoms with van der Waals surface area (Å²) in [6.07, 6.45) is 4.20. The molecular formula is C16H17IN2OS. The molecular weight excluding hydrogens is 395 g/mol. The molecule has 0 unspecified atom stereocenters. The van der Waals surface area contributed by atoms with Crippen LogP contribution in [0.25, 0.3) is 6.08 Å². The van der Waals surface area contributed by atoms with Gasteiger partial charge in [-0.15, -0.1) is 0 Å². The van der Waals surface area contributed by atoms with Crippen molar-refractivity contribution >= 4 is 23.5 Å². The van der Waals surface area contributed by atoms with Gasteiger partial charge >= 0.3 is 0 Å². The Hall–Kier alpha value is -1.05. The van der Waals surface area contributed by atoms with Crippen LogP contribution < -0.4 is 33.4 Å². The lowest BCUT2D eigenvalue weighted by Crippen LogP contribution is -3.00. The van der Waals surface area contributed by atoms with E-state index in [1.54, 1.807) is 11.8 Å². The van der Waals surface area contributed by atoms with Gasteiger partial charge in [-0.05, 0) is 18.2 Å². The highest BCUT2D eigenvalue weighted by Crippen LogP contribution is 2.45. The maximum absolute atomic E-state index is 9.31. The summed E-state index contributed by atoms with van der Waals surface area (Å²) in [5.74, 6) is 0. The van der Waals surface area contributed by atoms with E-state index in [0.717, 1.165) is 10.7 Å². The van der Waals surface area contributed by atoms with Gasteiger partial charge in [0.2, 0.25) is 5.69 Å². The number of aryl methyl sites for hydroxylation is 1. The summed E-state index contributed by atoms with van der Waals surface area (Å²) in [6.45, 7) is 0.763. The summed E-state index contributed by atoms with van der Waals surface area (Å²) in [5.41, 5.74) is 2.32. The first kappa shape index (κ1) is 16.3. The van der Waals surface area contributed by atoms with Crippen LogP contribution in [0, 0.1) is 0 Å². The minimum atomic E-state index is 0. The van der Waals surface area contributed by atoms with Crippen LogP contribution in [0.3, 0.4) is 0 Å². The van der Waals surface area contributed by atoms with E-state index in [2.05, 4.69) is 39.8 Å². The fourth-order valence-electron chi connectivity index (χ4n) is 2.30. The zero-order valence-corrected chi connectivity index (χ0v) is 14.7. The third-order valence-corrected chi connectivity index (χ3v) is 4.44. The topological polar surface area (TPSA) is 27.4 Å². The van der Waals surface area contributed by atoms with E-state index in [9.17, 15) is 5.11 Å². The Balaban J connectivity index is 0.00000161. The first-order valence-electron chi connectivity index (χ1n) is 6.61. The number of halogens is 1. The van der Waals surface area contributed by atoms with Crippen molar-refractivity contribution in [1.29, 1.82) is 0 Å². The number of para-hydroxylation sites is 1. The van der Waals surface area contributed by atoms with Gasteiger partial charge in [0.1, 0.15) is 7.05 Å². The van der Waals surface area contributed by atoms with Crippen LogP contribution >= 0.6 is 11.8 Å². The second-order valence-electron chi connectivity index (χ2n) is 4.66. The Morgan fingerprint density at radius 1 is 1.19 bits per heavy atom. The predicted octanol–water partition coefficient (Wildman–Crippen LogP) is -0.582. The molecule has 5 heteroatoms. The number of hydrogen-bond donors (Lipinski definition) is 1. The molecule has 0 saturated heterocycles. The standard InChI is InChI=1S/C16H17N2OS.HI/c1-17-9-5-4-6-13(17)12-16-18(10-11-19)14-7-2-3-8-15(14)20-16;/h2-9,12,19H,10-11H2,1H3;1H/q+1;/p-1. The number of nitrogens with zero attached hydrogens (tertiary/aromatic N) is 2. The molecule has 1 aromatic carbocycles. The third-order valence-electron chi connectivity index (χ3n) is 3.33. The smallest absolute Gasteiger partial charge is 0.207 e. The van der Waals surface area contributed by atoms with E-state index in [1.165, 1.54) is 10.6 Å². The molecule has 3 rings (SSSR count). The summed E-state index contributed by atoms with van der Waals surface area (Å²) in [7, 11) is 2.04. The highest BCUT2D eigenvalue weighted by Gasteiger charge is 2.25. The van der Waals surface area contributed by atoms with Crippen molar-refractivity contribution < 1.29 is 33.7 Å². The van der Waals surface area contributed by atoms with E-state index < -0.39 is 0 Å². The molecule has 0 bridgehead atoms. The van der Waals surface area contributed by atoms with Crippen LogP contribution in [-0.4, -0.2) is 18.3 Å². The fraction of sp³-hybridized carbons (Fsp3) is 0.188. The molecule has 0 aliphatic carbocycles. The summed E-state index contributed by atoms with van der Waals surface area (Å²) in [5, 5.41) is 10.5. The molecule has 110 valence electrons. The van der Waals surface area contributed by atoms with Gasteiger partial charge in [-0.3, -0.25) is 0 Å². The first-order chi connectivity index (χ1) is 9.79. The molecule has 0 radical (unpaired) electrons. The lowest BCUT2D eigenvalue weighted by atomic mass is 10.3. The van der Waals surface area contributed by atoms with E-state index in [1.807, 2.05) is 31.4 Å². The Morgan fingerprint density at radius 3 is 2.71 bits per heavy atom. The number of aliphatic hydroxyl groups excluding tert-OH is 1. The number of hydrogen-bond acceptors (Lipinski definition) is 3. The van der Waals surface area contributed by atoms with Crippen LogP contribution in [0.2, 0.25) is 0 Å². The van der Waals surface area contributed by atoms with Gasteiger partial charge in [-0.1, -0.05) is 23.9 Å². The van der Waals surface area contributed by atoms with Crippen molar-refractivity contribution in [1.82, 2.24) is 0 Å². The molecule has 3 nitrogen and oxygen atoms in total. The van der Waals surface area contributed by atoms with Crippen molar-refractivity contribution in [3.63, 3.8) is 0 Å². The van der Waals surface area contributed by atoms with Gasteiger partial charge in [-0.2, -0.15) is 0 Å². The van der Waals surface area contributed by atoms with E-state index >= 15 is 0 Å². The Bertz CT molecular complexity index is 660. The molecule has 0 fully saturated rings. The van der Waals surface area contributed by atoms with Gasteiger partial charge in [-0.25, -0.2) is 4.57 Å². The number of β-amino-alcohol motifs (C(OH)–C–C–N with tert-alkyl or cyclic N) is 1. The Morgan fingerprint density at radius 2 is 1.95 bits per heavy atom. The molecule has 21 heavy (non-hydrogen) atoms. The molecule has 1 aromatic heterocycles. The van der Waals surface area contributed by atoms with Gasteiger partial charge in [0.25, 0.3) is 0 Å². The van der Waals surface area contributed by atoms with E-state index in [-0.39, 0.29) is 30.6 Å². The molecule has 1 N–H and O–H groups in total. The fourth-order valence-corrected chi connectivity index (χ4v) is 3.44. The van der Waals surface area contributed by atoms with Crippen molar-refractivity contribution in [3.05, 3.63) is 59.4 Å². The molecule has 2 aromatic rings. The Labute approximate surface area is 146 Å². The number of benzene rings is 1. The normalized spacial score (nSPS) is 15.0. The highest BCUT2D eigenvalue weighted by atomic mass is 127. The van der Waals surface area contributed by atoms with Crippen LogP contribution in [-0.2, 0) is 7.05 Å². The molecule has 0 spiro atoms. The largest absolute Gasteiger partial charge is 1.00 e. The number of thioether (sulfide) groups is 1. The summed E-state index contributed by atoms with van der Waals surface area (Å²) in [6, 6.07) is 14.5. The zero-order valence-electron chi connectivity index (χ0n) is 11.7. The third kappa shape index (κ3) is 3.41. The number of aliphatic hydroxyl groups is 1. The maximum atomic E-state index is 9.31. The van der Waals surface area contributed by atoms with Crippen molar-refractivity contribution in [2.75, 3.05) is 18.1 Å². The molecule has 0 amide bonds. The lowest BCUT2D eigenvalue weighted by Gasteiger charge is -2.18. The highest BCUT2D eigenvalue weighted by molar-refractivity contribution is 8.03. The van der Waals surface area contributed by atoms with Gasteiger partial charge in [0.15, 0.2) is 6.20 Å². The van der Waals surface area contributed by atoms with Gasteiger partial charge in [0, 0.05) is 29.6 Å². The van der Waals surface area contributed by atoms with Gasteiger partial charge < -0.3 is 34.0 Å². The number of pyridine rings is 1. The van der Waals surface area contributed by atoms with Crippen molar-refractivity contribution in [2.24, 2.45) is 7.05 Å². The van der Waals surface area contributed by atoms with Crippen LogP contribution in [0.4, 0.5) is 5.69 Å². The molecule has 2 heterocycles. The molecule has 0 atom stereocenters. The predicted molar refractivity (Wildman–Crippen MR) is 82.3 cm³/mol. The lowest BCUT2D eigenvalue weighted by molar-refractivity contribution is -0.673. The zero-order chi connectivity index (χ0) is 13.9. The molecule has 0 saturated carbocycles. The van der Waals surface area contributed by atoms with E-state index in [0.29, 0.717) is 6.54 Å². The summed E-state index contributed by atoms with van der Waals surface area (Å²) in [4.78, 5) is 3.42. The van der Waals surface area contributed by atoms with Crippen LogP contribution in [0.5, 0.6) is 0 Å². The van der Waals surface area contributed by atoms with Crippen LogP contribution in [0.1, 0.15) is 5.69 Å². The summed E-state index contributed by atoms with van der Waals surface area (Å²) < 4.78 is 2.09. The van der Waals surface area contributed by atoms with E-state index in [4.69, 9.17) is 0 Å². The minimum absolute atomic E-state index is 0. The van der Waals surface area contributed by atoms with Crippen molar-refractivity contribution in [3.8, 4) is 0 Å². The maximum Gasteiger partial charge on any atom is 0.207 e. The second kappa shape index (κ2) is 7.29. The number of anilines is 1. The monoisotopic (exact) mass is 412 g/mol. The van der Waals surface area contributed by atoms with Gasteiger partial charge in [0.05, 0.1) is 17.3 Å². The van der Waals surface area contributed by atoms with Crippen LogP contribution in [0.15, 0.2) is 58.6 Å². The molecule has 1 aliphatic rings. The SMILES string of the molecule is C[n+]1ccccc1/C=C1\Sc2ccccc2N1CCO.[I-]. The number of rotatable bonds is 3. The quantitative estimate of drug-likeness (QED) is 0.540. The minimum Gasteiger partial charge on any atom is -1.00 e. The van der Waals surface area contributed by atoms with Crippen molar-refractivity contribution in [2.45, 2.75) is 4.90 Å². The first-order valence-corrected chi connectivity index (χ1v) is 7.43. The average molecular weight is 412 g/mol. The second-order valence-corrected chi connectivity index (χ2v) is 5.73. The average Bonchev–Trinajstić information content (AvgIpc) is 2.80. The Kier molecular flexibility index (Phi) is 5.66. The summed E-state index contributed by atoms with van der Waals surface area (Å²) >= 11 is 1.75. The molecule has 1 aliphatic heterocycles. The number of fused-ring (bicyclic) bond motifs is 1. The number of aromatic nitrogens is 1.